The Morgan fingerprint density at radius 2 is 1.64 bits per heavy atom. The van der Waals surface area contributed by atoms with E-state index in [1.165, 1.54) is 22.2 Å². The summed E-state index contributed by atoms with van der Waals surface area (Å²) in [6.45, 7) is 1.25. The fourth-order valence-electron chi connectivity index (χ4n) is 4.36. The highest BCUT2D eigenvalue weighted by Gasteiger charge is 2.29. The van der Waals surface area contributed by atoms with Crippen molar-refractivity contribution in [2.45, 2.75) is 31.6 Å². The second-order valence-corrected chi connectivity index (χ2v) is 9.85. The summed E-state index contributed by atoms with van der Waals surface area (Å²) in [6, 6.07) is 20.8. The maximum Gasteiger partial charge on any atom is 0.214 e. The van der Waals surface area contributed by atoms with Gasteiger partial charge >= 0.3 is 0 Å². The lowest BCUT2D eigenvalue weighted by atomic mass is 9.94. The molecular weight excluding hydrogens is 368 g/mol. The van der Waals surface area contributed by atoms with Crippen molar-refractivity contribution in [3.63, 3.8) is 0 Å². The monoisotopic (exact) mass is 396 g/mol. The summed E-state index contributed by atoms with van der Waals surface area (Å²) in [5, 5.41) is 1.26. The minimum Gasteiger partial charge on any atom is -0.347 e. The van der Waals surface area contributed by atoms with Gasteiger partial charge < -0.3 is 4.57 Å². The van der Waals surface area contributed by atoms with Crippen LogP contribution < -0.4 is 0 Å². The van der Waals surface area contributed by atoms with Crippen LogP contribution in [0.2, 0.25) is 0 Å². The second kappa shape index (κ2) is 8.10. The van der Waals surface area contributed by atoms with E-state index in [2.05, 4.69) is 54.1 Å². The molecule has 4 rings (SSSR count). The van der Waals surface area contributed by atoms with Crippen LogP contribution in [0.1, 0.15) is 36.4 Å². The summed E-state index contributed by atoms with van der Waals surface area (Å²) >= 11 is 0. The Hall–Kier alpha value is -2.11. The van der Waals surface area contributed by atoms with Crippen LogP contribution in [0.5, 0.6) is 0 Å². The van der Waals surface area contributed by atoms with E-state index in [1.54, 1.807) is 4.31 Å². The van der Waals surface area contributed by atoms with Crippen LogP contribution in [-0.4, -0.2) is 36.1 Å². The summed E-state index contributed by atoms with van der Waals surface area (Å²) in [5.41, 5.74) is 3.77. The van der Waals surface area contributed by atoms with Gasteiger partial charge in [0.2, 0.25) is 10.0 Å². The standard InChI is InChI=1S/C23H28N2O2S/c1-24-22-12-6-5-11-21(22)18-23(24)20-13-15-25(16-14-20)28(26,27)17-7-10-19-8-3-2-4-9-19/h2-6,8-9,11-12,18,20H,7,10,13-17H2,1H3. The van der Waals surface area contributed by atoms with E-state index in [-0.39, 0.29) is 5.75 Å². The van der Waals surface area contributed by atoms with Crippen LogP contribution in [0.3, 0.4) is 0 Å². The molecule has 28 heavy (non-hydrogen) atoms. The Morgan fingerprint density at radius 3 is 2.36 bits per heavy atom. The molecule has 0 aliphatic carbocycles. The van der Waals surface area contributed by atoms with Crippen molar-refractivity contribution >= 4 is 20.9 Å². The highest BCUT2D eigenvalue weighted by Crippen LogP contribution is 2.32. The van der Waals surface area contributed by atoms with E-state index < -0.39 is 10.0 Å². The predicted molar refractivity (Wildman–Crippen MR) is 115 cm³/mol. The quantitative estimate of drug-likeness (QED) is 0.623. The van der Waals surface area contributed by atoms with Crippen molar-refractivity contribution in [3.05, 3.63) is 71.9 Å². The normalized spacial score (nSPS) is 16.6. The molecule has 1 fully saturated rings. The van der Waals surface area contributed by atoms with Gasteiger partial charge in [0.15, 0.2) is 0 Å². The van der Waals surface area contributed by atoms with Crippen LogP contribution in [0.4, 0.5) is 0 Å². The summed E-state index contributed by atoms with van der Waals surface area (Å²) in [5.74, 6) is 0.661. The summed E-state index contributed by atoms with van der Waals surface area (Å²) < 4.78 is 29.5. The van der Waals surface area contributed by atoms with Gasteiger partial charge in [0.1, 0.15) is 0 Å². The SMILES string of the molecule is Cn1c(C2CCN(S(=O)(=O)CCCc3ccccc3)CC2)cc2ccccc21. The number of aromatic nitrogens is 1. The van der Waals surface area contributed by atoms with Crippen molar-refractivity contribution in [1.82, 2.24) is 8.87 Å². The van der Waals surface area contributed by atoms with E-state index in [1.807, 2.05) is 18.2 Å². The topological polar surface area (TPSA) is 42.3 Å². The lowest BCUT2D eigenvalue weighted by molar-refractivity contribution is 0.314. The Bertz CT molecular complexity index is 1030. The third kappa shape index (κ3) is 4.01. The zero-order valence-corrected chi connectivity index (χ0v) is 17.2. The average molecular weight is 397 g/mol. The number of piperidine rings is 1. The van der Waals surface area contributed by atoms with Gasteiger partial charge in [-0.1, -0.05) is 48.5 Å². The van der Waals surface area contributed by atoms with E-state index in [4.69, 9.17) is 0 Å². The zero-order chi connectivity index (χ0) is 19.6. The Morgan fingerprint density at radius 1 is 0.964 bits per heavy atom. The zero-order valence-electron chi connectivity index (χ0n) is 16.4. The second-order valence-electron chi connectivity index (χ2n) is 7.77. The van der Waals surface area contributed by atoms with Crippen molar-refractivity contribution in [1.29, 1.82) is 0 Å². The van der Waals surface area contributed by atoms with Crippen LogP contribution in [-0.2, 0) is 23.5 Å². The van der Waals surface area contributed by atoms with Gasteiger partial charge in [-0.05, 0) is 48.8 Å². The minimum absolute atomic E-state index is 0.237. The number of benzene rings is 2. The molecule has 148 valence electrons. The molecule has 1 saturated heterocycles. The smallest absolute Gasteiger partial charge is 0.214 e. The molecule has 4 nitrogen and oxygen atoms in total. The van der Waals surface area contributed by atoms with E-state index >= 15 is 0 Å². The first-order valence-electron chi connectivity index (χ1n) is 10.1. The fourth-order valence-corrected chi connectivity index (χ4v) is 5.90. The van der Waals surface area contributed by atoms with Gasteiger partial charge in [-0.3, -0.25) is 0 Å². The number of nitrogens with zero attached hydrogens (tertiary/aromatic N) is 2. The number of aryl methyl sites for hydroxylation is 2. The summed E-state index contributed by atoms with van der Waals surface area (Å²) in [6.07, 6.45) is 3.27. The molecule has 3 aromatic rings. The maximum atomic E-state index is 12.7. The number of fused-ring (bicyclic) bond motifs is 1. The van der Waals surface area contributed by atoms with Gasteiger partial charge in [-0.2, -0.15) is 0 Å². The molecule has 0 spiro atoms. The molecule has 0 radical (unpaired) electrons. The molecule has 0 atom stereocenters. The molecule has 0 N–H and O–H groups in total. The summed E-state index contributed by atoms with van der Waals surface area (Å²) in [4.78, 5) is 0. The molecule has 0 unspecified atom stereocenters. The molecule has 5 heteroatoms. The van der Waals surface area contributed by atoms with Crippen LogP contribution in [0, 0.1) is 0 Å². The van der Waals surface area contributed by atoms with Crippen molar-refractivity contribution in [2.24, 2.45) is 7.05 Å². The molecule has 2 aromatic carbocycles. The van der Waals surface area contributed by atoms with E-state index in [0.717, 1.165) is 19.3 Å². The minimum atomic E-state index is -3.17. The number of hydrogen-bond donors (Lipinski definition) is 0. The van der Waals surface area contributed by atoms with Crippen molar-refractivity contribution < 1.29 is 8.42 Å². The van der Waals surface area contributed by atoms with Gasteiger partial charge in [0.05, 0.1) is 5.75 Å². The van der Waals surface area contributed by atoms with Crippen LogP contribution in [0.25, 0.3) is 10.9 Å². The van der Waals surface area contributed by atoms with Crippen LogP contribution >= 0.6 is 0 Å². The largest absolute Gasteiger partial charge is 0.347 e. The van der Waals surface area contributed by atoms with Gasteiger partial charge in [0.25, 0.3) is 0 Å². The van der Waals surface area contributed by atoms with Gasteiger partial charge in [0, 0.05) is 37.3 Å². The van der Waals surface area contributed by atoms with Crippen molar-refractivity contribution in [2.75, 3.05) is 18.8 Å². The van der Waals surface area contributed by atoms with E-state index in [9.17, 15) is 8.42 Å². The number of hydrogen-bond acceptors (Lipinski definition) is 2. The third-order valence-corrected chi connectivity index (χ3v) is 7.92. The Kier molecular flexibility index (Phi) is 5.56. The first-order valence-corrected chi connectivity index (χ1v) is 11.7. The van der Waals surface area contributed by atoms with Crippen molar-refractivity contribution in [3.8, 4) is 0 Å². The van der Waals surface area contributed by atoms with Gasteiger partial charge in [-0.15, -0.1) is 0 Å². The predicted octanol–water partition coefficient (Wildman–Crippen LogP) is 4.32. The highest BCUT2D eigenvalue weighted by molar-refractivity contribution is 7.89. The van der Waals surface area contributed by atoms with Crippen LogP contribution in [0.15, 0.2) is 60.7 Å². The molecule has 1 aliphatic rings. The molecular formula is C23H28N2O2S. The lowest BCUT2D eigenvalue weighted by Crippen LogP contribution is -2.39. The number of sulfonamides is 1. The molecule has 2 heterocycles. The number of para-hydroxylation sites is 1. The molecule has 1 aromatic heterocycles. The molecule has 0 saturated carbocycles. The first-order chi connectivity index (χ1) is 13.5. The highest BCUT2D eigenvalue weighted by atomic mass is 32.2. The van der Waals surface area contributed by atoms with E-state index in [0.29, 0.717) is 25.4 Å². The molecule has 0 bridgehead atoms. The fraction of sp³-hybridized carbons (Fsp3) is 0.391. The third-order valence-electron chi connectivity index (χ3n) is 5.96. The lowest BCUT2D eigenvalue weighted by Gasteiger charge is -2.31. The van der Waals surface area contributed by atoms with Gasteiger partial charge in [-0.25, -0.2) is 12.7 Å². The molecule has 1 aliphatic heterocycles. The maximum absolute atomic E-state index is 12.7. The average Bonchev–Trinajstić information content (AvgIpc) is 3.06. The number of rotatable bonds is 6. The Labute approximate surface area is 167 Å². The first kappa shape index (κ1) is 19.2. The summed E-state index contributed by atoms with van der Waals surface area (Å²) in [7, 11) is -1.05. The Balaban J connectivity index is 1.35. The molecule has 0 amide bonds.